The maximum atomic E-state index is 13.8. The van der Waals surface area contributed by atoms with E-state index in [-0.39, 0.29) is 17.3 Å². The molecule has 0 atom stereocenters. The number of rotatable bonds is 6. The van der Waals surface area contributed by atoms with Crippen LogP contribution in [0.3, 0.4) is 0 Å². The van der Waals surface area contributed by atoms with Gasteiger partial charge in [0.05, 0.1) is 15.5 Å². The molecule has 0 amide bonds. The van der Waals surface area contributed by atoms with Crippen LogP contribution in [0.2, 0.25) is 5.02 Å². The van der Waals surface area contributed by atoms with E-state index in [1.54, 1.807) is 28.8 Å². The summed E-state index contributed by atoms with van der Waals surface area (Å²) < 4.78 is 15.6. The number of aromatic nitrogens is 3. The average molecular weight is 441 g/mol. The Bertz CT molecular complexity index is 1220. The lowest BCUT2D eigenvalue weighted by Gasteiger charge is -2.11. The van der Waals surface area contributed by atoms with Crippen LogP contribution in [0.5, 0.6) is 0 Å². The summed E-state index contributed by atoms with van der Waals surface area (Å²) in [6.07, 6.45) is 0. The number of nitro groups is 1. The van der Waals surface area contributed by atoms with Crippen LogP contribution in [0.25, 0.3) is 17.1 Å². The van der Waals surface area contributed by atoms with Crippen molar-refractivity contribution in [1.82, 2.24) is 14.8 Å². The van der Waals surface area contributed by atoms with Crippen molar-refractivity contribution in [3.05, 3.63) is 99.3 Å². The Morgan fingerprint density at radius 2 is 1.80 bits per heavy atom. The molecule has 4 rings (SSSR count). The van der Waals surface area contributed by atoms with Gasteiger partial charge in [0.2, 0.25) is 0 Å². The highest BCUT2D eigenvalue weighted by Crippen LogP contribution is 2.34. The van der Waals surface area contributed by atoms with Crippen molar-refractivity contribution >= 4 is 29.1 Å². The van der Waals surface area contributed by atoms with Crippen LogP contribution < -0.4 is 0 Å². The van der Waals surface area contributed by atoms with Crippen molar-refractivity contribution in [2.75, 3.05) is 0 Å². The number of thioether (sulfide) groups is 1. The molecule has 0 bridgehead atoms. The average Bonchev–Trinajstić information content (AvgIpc) is 3.17. The van der Waals surface area contributed by atoms with Crippen LogP contribution in [0, 0.1) is 15.9 Å². The van der Waals surface area contributed by atoms with Gasteiger partial charge in [-0.3, -0.25) is 14.7 Å². The molecule has 1 heterocycles. The molecule has 0 radical (unpaired) electrons. The minimum Gasteiger partial charge on any atom is -0.270 e. The Labute approximate surface area is 180 Å². The Morgan fingerprint density at radius 1 is 1.03 bits per heavy atom. The largest absolute Gasteiger partial charge is 0.274 e. The molecule has 150 valence electrons. The number of benzene rings is 3. The monoisotopic (exact) mass is 440 g/mol. The summed E-state index contributed by atoms with van der Waals surface area (Å²) in [4.78, 5) is 10.9. The van der Waals surface area contributed by atoms with Gasteiger partial charge in [0.1, 0.15) is 5.82 Å². The highest BCUT2D eigenvalue weighted by Gasteiger charge is 2.20. The summed E-state index contributed by atoms with van der Waals surface area (Å²) in [6.45, 7) is 0. The zero-order valence-electron chi connectivity index (χ0n) is 15.4. The maximum Gasteiger partial charge on any atom is 0.274 e. The number of para-hydroxylation sites is 1. The molecule has 6 nitrogen and oxygen atoms in total. The van der Waals surface area contributed by atoms with Gasteiger partial charge >= 0.3 is 0 Å². The van der Waals surface area contributed by atoms with Gasteiger partial charge in [-0.05, 0) is 30.3 Å². The lowest BCUT2D eigenvalue weighted by Crippen LogP contribution is -2.00. The van der Waals surface area contributed by atoms with E-state index >= 15 is 0 Å². The fourth-order valence-corrected chi connectivity index (χ4v) is 4.30. The van der Waals surface area contributed by atoms with E-state index in [1.165, 1.54) is 30.0 Å². The van der Waals surface area contributed by atoms with Crippen molar-refractivity contribution < 1.29 is 9.31 Å². The second-order valence-electron chi connectivity index (χ2n) is 6.27. The molecule has 9 heteroatoms. The first-order chi connectivity index (χ1) is 14.5. The molecule has 0 spiro atoms. The smallest absolute Gasteiger partial charge is 0.270 e. The van der Waals surface area contributed by atoms with Crippen LogP contribution in [0.15, 0.2) is 78.0 Å². The minimum atomic E-state index is -0.456. The molecule has 30 heavy (non-hydrogen) atoms. The van der Waals surface area contributed by atoms with Gasteiger partial charge in [-0.15, -0.1) is 10.2 Å². The van der Waals surface area contributed by atoms with Gasteiger partial charge in [0.25, 0.3) is 5.69 Å². The molecule has 0 saturated carbocycles. The van der Waals surface area contributed by atoms with E-state index in [0.717, 1.165) is 5.69 Å². The fraction of sp³-hybridized carbons (Fsp3) is 0.0476. The fourth-order valence-electron chi connectivity index (χ4n) is 2.99. The van der Waals surface area contributed by atoms with Crippen LogP contribution >= 0.6 is 23.4 Å². The van der Waals surface area contributed by atoms with Crippen molar-refractivity contribution in [2.45, 2.75) is 10.9 Å². The standard InChI is InChI=1S/C21H14ClFN4O2S/c22-18-10-5-11-19(27(28)29)17(18)13-30-21-25-24-20(14-6-4-7-15(23)12-14)26(21)16-8-2-1-3-9-16/h1-12H,13H2. The topological polar surface area (TPSA) is 73.8 Å². The van der Waals surface area contributed by atoms with Gasteiger partial charge < -0.3 is 0 Å². The third kappa shape index (κ3) is 4.05. The number of nitrogens with zero attached hydrogens (tertiary/aromatic N) is 4. The predicted octanol–water partition coefficient (Wildman–Crippen LogP) is 5.93. The van der Waals surface area contributed by atoms with Crippen molar-refractivity contribution in [3.8, 4) is 17.1 Å². The summed E-state index contributed by atoms with van der Waals surface area (Å²) >= 11 is 7.48. The van der Waals surface area contributed by atoms with Gasteiger partial charge in [0.15, 0.2) is 11.0 Å². The number of nitro benzene ring substituents is 1. The normalized spacial score (nSPS) is 10.9. The van der Waals surface area contributed by atoms with Crippen LogP contribution in [-0.2, 0) is 5.75 Å². The predicted molar refractivity (Wildman–Crippen MR) is 114 cm³/mol. The third-order valence-electron chi connectivity index (χ3n) is 4.37. The van der Waals surface area contributed by atoms with Crippen molar-refractivity contribution in [1.29, 1.82) is 0 Å². The Kier molecular flexibility index (Phi) is 5.78. The number of hydrogen-bond acceptors (Lipinski definition) is 5. The Balaban J connectivity index is 1.76. The molecule has 1 aromatic heterocycles. The molecule has 4 aromatic rings. The first-order valence-corrected chi connectivity index (χ1v) is 10.2. The molecule has 0 aliphatic rings. The molecular formula is C21H14ClFN4O2S. The van der Waals surface area contributed by atoms with Crippen LogP contribution in [0.4, 0.5) is 10.1 Å². The maximum absolute atomic E-state index is 13.8. The highest BCUT2D eigenvalue weighted by atomic mass is 35.5. The number of halogens is 2. The third-order valence-corrected chi connectivity index (χ3v) is 5.68. The second-order valence-corrected chi connectivity index (χ2v) is 7.62. The van der Waals surface area contributed by atoms with Gasteiger partial charge in [-0.2, -0.15) is 0 Å². The quantitative estimate of drug-likeness (QED) is 0.211. The van der Waals surface area contributed by atoms with E-state index in [2.05, 4.69) is 10.2 Å². The highest BCUT2D eigenvalue weighted by molar-refractivity contribution is 7.98. The SMILES string of the molecule is O=[N+]([O-])c1cccc(Cl)c1CSc1nnc(-c2cccc(F)c2)n1-c1ccccc1. The van der Waals surface area contributed by atoms with E-state index < -0.39 is 4.92 Å². The van der Waals surface area contributed by atoms with Crippen LogP contribution in [0.1, 0.15) is 5.56 Å². The molecule has 0 aliphatic carbocycles. The van der Waals surface area contributed by atoms with E-state index in [0.29, 0.717) is 27.1 Å². The molecular weight excluding hydrogens is 427 g/mol. The lowest BCUT2D eigenvalue weighted by molar-refractivity contribution is -0.385. The van der Waals surface area contributed by atoms with E-state index in [1.807, 2.05) is 30.3 Å². The first-order valence-electron chi connectivity index (χ1n) is 8.86. The molecule has 0 N–H and O–H groups in total. The lowest BCUT2D eigenvalue weighted by atomic mass is 10.2. The van der Waals surface area contributed by atoms with Crippen molar-refractivity contribution in [3.63, 3.8) is 0 Å². The molecule has 0 saturated heterocycles. The summed E-state index contributed by atoms with van der Waals surface area (Å²) in [5, 5.41) is 20.7. The van der Waals surface area contributed by atoms with Gasteiger partial charge in [0, 0.05) is 23.1 Å². The van der Waals surface area contributed by atoms with Crippen molar-refractivity contribution in [2.24, 2.45) is 0 Å². The summed E-state index contributed by atoms with van der Waals surface area (Å²) in [5.41, 5.74) is 1.72. The number of hydrogen-bond donors (Lipinski definition) is 0. The Morgan fingerprint density at radius 3 is 2.53 bits per heavy atom. The molecule has 0 unspecified atom stereocenters. The molecule has 0 aliphatic heterocycles. The van der Waals surface area contributed by atoms with Gasteiger partial charge in [-0.25, -0.2) is 4.39 Å². The first kappa shape index (κ1) is 20.1. The van der Waals surface area contributed by atoms with E-state index in [4.69, 9.17) is 11.6 Å². The van der Waals surface area contributed by atoms with Crippen LogP contribution in [-0.4, -0.2) is 19.7 Å². The molecule has 0 fully saturated rings. The zero-order chi connectivity index (χ0) is 21.1. The minimum absolute atomic E-state index is 0.0499. The van der Waals surface area contributed by atoms with Gasteiger partial charge in [-0.1, -0.05) is 59.8 Å². The summed E-state index contributed by atoms with van der Waals surface area (Å²) in [6, 6.07) is 20.1. The zero-order valence-corrected chi connectivity index (χ0v) is 17.0. The summed E-state index contributed by atoms with van der Waals surface area (Å²) in [7, 11) is 0. The second kappa shape index (κ2) is 8.64. The van der Waals surface area contributed by atoms with E-state index in [9.17, 15) is 14.5 Å². The Hall–Kier alpha value is -3.23. The molecule has 3 aromatic carbocycles. The summed E-state index contributed by atoms with van der Waals surface area (Å²) in [5.74, 6) is 0.317.